The number of benzene rings is 2. The van der Waals surface area contributed by atoms with Crippen LogP contribution in [-0.2, 0) is 32.9 Å². The number of aromatic nitrogens is 2. The second kappa shape index (κ2) is 11.9. The fourth-order valence-corrected chi connectivity index (χ4v) is 3.92. The minimum Gasteiger partial charge on any atom is -0.467 e. The molecule has 0 atom stereocenters. The van der Waals surface area contributed by atoms with Gasteiger partial charge in [-0.15, -0.1) is 0 Å². The summed E-state index contributed by atoms with van der Waals surface area (Å²) in [6.45, 7) is 8.35. The quantitative estimate of drug-likeness (QED) is 0.312. The van der Waals surface area contributed by atoms with Gasteiger partial charge in [0.2, 0.25) is 11.8 Å². The SMILES string of the molecule is Cc1ccccc1-n1nc(C(C)(C)C)cc1NC(=O)CN(Cc1ccco1)C(=O)COCc1ccccc1. The average molecular weight is 515 g/mol. The molecular weight excluding hydrogens is 480 g/mol. The highest BCUT2D eigenvalue weighted by molar-refractivity contribution is 5.94. The zero-order valence-corrected chi connectivity index (χ0v) is 22.3. The van der Waals surface area contributed by atoms with Gasteiger partial charge in [0, 0.05) is 11.5 Å². The molecule has 4 rings (SSSR count). The molecule has 8 heteroatoms. The molecule has 2 amide bonds. The number of anilines is 1. The van der Waals surface area contributed by atoms with Crippen molar-refractivity contribution in [2.75, 3.05) is 18.5 Å². The number of hydrogen-bond donors (Lipinski definition) is 1. The molecule has 8 nitrogen and oxygen atoms in total. The van der Waals surface area contributed by atoms with Crippen molar-refractivity contribution in [1.82, 2.24) is 14.7 Å². The van der Waals surface area contributed by atoms with Gasteiger partial charge in [0.05, 0.1) is 30.8 Å². The van der Waals surface area contributed by atoms with E-state index in [9.17, 15) is 9.59 Å². The molecule has 38 heavy (non-hydrogen) atoms. The van der Waals surface area contributed by atoms with E-state index in [1.807, 2.05) is 67.6 Å². The highest BCUT2D eigenvalue weighted by Gasteiger charge is 2.24. The zero-order chi connectivity index (χ0) is 27.1. The Morgan fingerprint density at radius 3 is 2.45 bits per heavy atom. The van der Waals surface area contributed by atoms with Crippen molar-refractivity contribution in [3.63, 3.8) is 0 Å². The third kappa shape index (κ3) is 6.98. The number of carbonyl (C=O) groups is 2. The van der Waals surface area contributed by atoms with Crippen LogP contribution in [0.5, 0.6) is 0 Å². The molecule has 0 radical (unpaired) electrons. The molecule has 0 bridgehead atoms. The smallest absolute Gasteiger partial charge is 0.249 e. The lowest BCUT2D eigenvalue weighted by molar-refractivity contribution is -0.140. The number of carbonyl (C=O) groups excluding carboxylic acids is 2. The van der Waals surface area contributed by atoms with E-state index in [-0.39, 0.29) is 36.9 Å². The predicted octanol–water partition coefficient (Wildman–Crippen LogP) is 5.26. The molecule has 2 aromatic carbocycles. The van der Waals surface area contributed by atoms with E-state index in [4.69, 9.17) is 14.3 Å². The summed E-state index contributed by atoms with van der Waals surface area (Å²) in [7, 11) is 0. The van der Waals surface area contributed by atoms with Crippen LogP contribution in [0.15, 0.2) is 83.5 Å². The molecule has 0 fully saturated rings. The predicted molar refractivity (Wildman–Crippen MR) is 146 cm³/mol. The maximum Gasteiger partial charge on any atom is 0.249 e. The van der Waals surface area contributed by atoms with E-state index in [0.29, 0.717) is 18.2 Å². The minimum absolute atomic E-state index is 0.151. The molecule has 0 aliphatic rings. The largest absolute Gasteiger partial charge is 0.467 e. The summed E-state index contributed by atoms with van der Waals surface area (Å²) < 4.78 is 12.8. The van der Waals surface area contributed by atoms with E-state index in [0.717, 1.165) is 22.5 Å². The van der Waals surface area contributed by atoms with Crippen molar-refractivity contribution >= 4 is 17.6 Å². The van der Waals surface area contributed by atoms with E-state index in [2.05, 4.69) is 26.1 Å². The van der Waals surface area contributed by atoms with Gasteiger partial charge in [-0.25, -0.2) is 4.68 Å². The minimum atomic E-state index is -0.344. The van der Waals surface area contributed by atoms with E-state index in [1.165, 1.54) is 4.90 Å². The van der Waals surface area contributed by atoms with Gasteiger partial charge in [-0.2, -0.15) is 5.10 Å². The number of nitrogens with one attached hydrogen (secondary N) is 1. The third-order valence-corrected chi connectivity index (χ3v) is 6.04. The van der Waals surface area contributed by atoms with Crippen molar-refractivity contribution in [1.29, 1.82) is 0 Å². The first-order chi connectivity index (χ1) is 18.2. The molecule has 4 aromatic rings. The van der Waals surface area contributed by atoms with Crippen molar-refractivity contribution in [2.45, 2.75) is 46.3 Å². The van der Waals surface area contributed by atoms with Gasteiger partial charge in [0.25, 0.3) is 0 Å². The normalized spacial score (nSPS) is 11.4. The first-order valence-corrected chi connectivity index (χ1v) is 12.6. The number of furan rings is 1. The second-order valence-electron chi connectivity index (χ2n) is 10.2. The maximum absolute atomic E-state index is 13.3. The number of nitrogens with zero attached hydrogens (tertiary/aromatic N) is 3. The molecule has 198 valence electrons. The molecule has 2 aromatic heterocycles. The van der Waals surface area contributed by atoms with Crippen LogP contribution < -0.4 is 5.32 Å². The molecule has 0 spiro atoms. The highest BCUT2D eigenvalue weighted by Crippen LogP contribution is 2.27. The fraction of sp³-hybridized carbons (Fsp3) is 0.300. The van der Waals surface area contributed by atoms with E-state index < -0.39 is 0 Å². The summed E-state index contributed by atoms with van der Waals surface area (Å²) in [5.74, 6) is 0.465. The van der Waals surface area contributed by atoms with Gasteiger partial charge in [-0.05, 0) is 36.2 Å². The topological polar surface area (TPSA) is 89.6 Å². The number of hydrogen-bond acceptors (Lipinski definition) is 5. The highest BCUT2D eigenvalue weighted by atomic mass is 16.5. The zero-order valence-electron chi connectivity index (χ0n) is 22.3. The Balaban J connectivity index is 1.50. The van der Waals surface area contributed by atoms with E-state index >= 15 is 0 Å². The van der Waals surface area contributed by atoms with Crippen molar-refractivity contribution in [2.24, 2.45) is 0 Å². The number of aryl methyl sites for hydroxylation is 1. The summed E-state index contributed by atoms with van der Waals surface area (Å²) in [5, 5.41) is 7.77. The number of para-hydroxylation sites is 1. The van der Waals surface area contributed by atoms with Crippen LogP contribution in [0.4, 0.5) is 5.82 Å². The molecule has 0 aliphatic carbocycles. The molecule has 0 aliphatic heterocycles. The van der Waals surface area contributed by atoms with Crippen LogP contribution in [0.2, 0.25) is 0 Å². The Bertz CT molecular complexity index is 1350. The number of amides is 2. The summed E-state index contributed by atoms with van der Waals surface area (Å²) in [4.78, 5) is 27.8. The lowest BCUT2D eigenvalue weighted by Crippen LogP contribution is -2.39. The second-order valence-corrected chi connectivity index (χ2v) is 10.2. The lowest BCUT2D eigenvalue weighted by Gasteiger charge is -2.21. The summed E-state index contributed by atoms with van der Waals surface area (Å²) >= 11 is 0. The first kappa shape index (κ1) is 26.9. The van der Waals surface area contributed by atoms with Crippen LogP contribution in [-0.4, -0.2) is 39.6 Å². The molecule has 2 heterocycles. The fourth-order valence-electron chi connectivity index (χ4n) is 3.92. The van der Waals surface area contributed by atoms with Crippen LogP contribution >= 0.6 is 0 Å². The molecular formula is C30H34N4O4. The van der Waals surface area contributed by atoms with Gasteiger partial charge >= 0.3 is 0 Å². The van der Waals surface area contributed by atoms with Gasteiger partial charge < -0.3 is 19.4 Å². The molecule has 1 N–H and O–H groups in total. The van der Waals surface area contributed by atoms with Crippen LogP contribution in [0.25, 0.3) is 5.69 Å². The Kier molecular flexibility index (Phi) is 8.43. The van der Waals surface area contributed by atoms with Gasteiger partial charge in [0.1, 0.15) is 24.7 Å². The Morgan fingerprint density at radius 1 is 1.03 bits per heavy atom. The Hall–Kier alpha value is -4.17. The lowest BCUT2D eigenvalue weighted by atomic mass is 9.92. The average Bonchev–Trinajstić information content (AvgIpc) is 3.55. The summed E-state index contributed by atoms with van der Waals surface area (Å²) in [6, 6.07) is 22.9. The Labute approximate surface area is 223 Å². The van der Waals surface area contributed by atoms with Crippen LogP contribution in [0, 0.1) is 6.92 Å². The summed E-state index contributed by atoms with van der Waals surface area (Å²) in [6.07, 6.45) is 1.54. The van der Waals surface area contributed by atoms with Crippen molar-refractivity contribution < 1.29 is 18.7 Å². The summed E-state index contributed by atoms with van der Waals surface area (Å²) in [5.41, 5.74) is 3.49. The van der Waals surface area contributed by atoms with E-state index in [1.54, 1.807) is 23.1 Å². The van der Waals surface area contributed by atoms with Gasteiger partial charge in [-0.1, -0.05) is 69.3 Å². The third-order valence-electron chi connectivity index (χ3n) is 6.04. The van der Waals surface area contributed by atoms with Gasteiger partial charge in [-0.3, -0.25) is 9.59 Å². The first-order valence-electron chi connectivity index (χ1n) is 12.6. The standard InChI is InChI=1S/C30H34N4O4/c1-22-11-8-9-15-25(22)34-27(17-26(32-34)30(2,3)4)31-28(35)19-33(18-24-14-10-16-38-24)29(36)21-37-20-23-12-6-5-7-13-23/h5-17H,18-21H2,1-4H3,(H,31,35). The monoisotopic (exact) mass is 514 g/mol. The van der Waals surface area contributed by atoms with Crippen molar-refractivity contribution in [3.8, 4) is 5.69 Å². The molecule has 0 saturated carbocycles. The maximum atomic E-state index is 13.3. The van der Waals surface area contributed by atoms with Crippen molar-refractivity contribution in [3.05, 3.63) is 102 Å². The van der Waals surface area contributed by atoms with Gasteiger partial charge in [0.15, 0.2) is 0 Å². The van der Waals surface area contributed by atoms with Crippen LogP contribution in [0.1, 0.15) is 43.4 Å². The van der Waals surface area contributed by atoms with Crippen LogP contribution in [0.3, 0.4) is 0 Å². The molecule has 0 unspecified atom stereocenters. The Morgan fingerprint density at radius 2 is 1.76 bits per heavy atom. The number of rotatable bonds is 10. The molecule has 0 saturated heterocycles. The number of ether oxygens (including phenoxy) is 1.